The van der Waals surface area contributed by atoms with E-state index in [2.05, 4.69) is 20.8 Å². The third-order valence-electron chi connectivity index (χ3n) is 0.655. The van der Waals surface area contributed by atoms with Gasteiger partial charge in [-0.2, -0.15) is 0 Å². The summed E-state index contributed by atoms with van der Waals surface area (Å²) in [7, 11) is 0. The van der Waals surface area contributed by atoms with Crippen LogP contribution in [0.15, 0.2) is 0 Å². The van der Waals surface area contributed by atoms with Crippen LogP contribution in [0.3, 0.4) is 0 Å². The predicted octanol–water partition coefficient (Wildman–Crippen LogP) is 1.82. The van der Waals surface area contributed by atoms with E-state index in [1.54, 1.807) is 0 Å². The van der Waals surface area contributed by atoms with Gasteiger partial charge in [0.05, 0.1) is 6.10 Å². The Morgan fingerprint density at radius 3 is 2.14 bits per heavy atom. The Labute approximate surface area is 45.7 Å². The average Bonchev–Trinajstić information content (AvgIpc) is 1.61. The lowest BCUT2D eigenvalue weighted by atomic mass is 10.4. The minimum atomic E-state index is 0.403. The molecule has 0 heterocycles. The average molecular weight is 102 g/mol. The van der Waals surface area contributed by atoms with E-state index in [9.17, 15) is 0 Å². The molecular formula is C6H14O. The van der Waals surface area contributed by atoms with E-state index in [0.717, 1.165) is 13.0 Å². The molecule has 44 valence electrons. The van der Waals surface area contributed by atoms with Crippen molar-refractivity contribution in [3.05, 3.63) is 0 Å². The summed E-state index contributed by atoms with van der Waals surface area (Å²) >= 11 is 0. The highest BCUT2D eigenvalue weighted by atomic mass is 16.5. The molecule has 7 heavy (non-hydrogen) atoms. The molecule has 0 aromatic carbocycles. The highest BCUT2D eigenvalue weighted by molar-refractivity contribution is 4.33. The summed E-state index contributed by atoms with van der Waals surface area (Å²) < 4.78 is 5.19. The van der Waals surface area contributed by atoms with Gasteiger partial charge in [-0.05, 0) is 20.3 Å². The largest absolute Gasteiger partial charge is 0.379 e. The van der Waals surface area contributed by atoms with Crippen molar-refractivity contribution in [2.75, 3.05) is 6.61 Å². The summed E-state index contributed by atoms with van der Waals surface area (Å²) in [6.45, 7) is 7.12. The fraction of sp³-hybridized carbons (Fsp3) is 1.00. The van der Waals surface area contributed by atoms with Gasteiger partial charge in [0.25, 0.3) is 0 Å². The number of rotatable bonds is 3. The SMILES string of the molecule is CCCOC(C)C. The van der Waals surface area contributed by atoms with Crippen molar-refractivity contribution in [3.8, 4) is 0 Å². The number of hydrogen-bond acceptors (Lipinski definition) is 1. The first-order valence-corrected chi connectivity index (χ1v) is 2.89. The van der Waals surface area contributed by atoms with Gasteiger partial charge < -0.3 is 4.74 Å². The van der Waals surface area contributed by atoms with Crippen molar-refractivity contribution >= 4 is 0 Å². The lowest BCUT2D eigenvalue weighted by Gasteiger charge is -2.03. The maximum atomic E-state index is 5.19. The van der Waals surface area contributed by atoms with Crippen molar-refractivity contribution in [1.29, 1.82) is 0 Å². The van der Waals surface area contributed by atoms with E-state index in [0.29, 0.717) is 6.10 Å². The van der Waals surface area contributed by atoms with Crippen LogP contribution < -0.4 is 0 Å². The van der Waals surface area contributed by atoms with Crippen molar-refractivity contribution in [2.24, 2.45) is 0 Å². The molecule has 0 aromatic heterocycles. The summed E-state index contributed by atoms with van der Waals surface area (Å²) in [5, 5.41) is 0. The molecule has 0 aliphatic carbocycles. The second-order valence-electron chi connectivity index (χ2n) is 1.92. The topological polar surface area (TPSA) is 9.23 Å². The third kappa shape index (κ3) is 5.96. The van der Waals surface area contributed by atoms with Crippen LogP contribution in [-0.2, 0) is 4.74 Å². The first-order chi connectivity index (χ1) is 3.27. The lowest BCUT2D eigenvalue weighted by Crippen LogP contribution is -2.01. The van der Waals surface area contributed by atoms with Gasteiger partial charge in [-0.1, -0.05) is 6.92 Å². The highest BCUT2D eigenvalue weighted by Gasteiger charge is 1.86. The maximum Gasteiger partial charge on any atom is 0.0518 e. The van der Waals surface area contributed by atoms with Gasteiger partial charge in [0.1, 0.15) is 0 Å². The van der Waals surface area contributed by atoms with Gasteiger partial charge in [-0.25, -0.2) is 0 Å². The van der Waals surface area contributed by atoms with Gasteiger partial charge >= 0.3 is 0 Å². The normalized spacial score (nSPS) is 10.3. The first kappa shape index (κ1) is 6.96. The standard InChI is InChI=1S/C6H14O/c1-4-5-7-6(2)3/h6H,4-5H2,1-3H3. The first-order valence-electron chi connectivity index (χ1n) is 2.89. The molecular weight excluding hydrogens is 88.1 g/mol. The van der Waals surface area contributed by atoms with Gasteiger partial charge in [0.15, 0.2) is 0 Å². The zero-order chi connectivity index (χ0) is 5.70. The minimum absolute atomic E-state index is 0.403. The van der Waals surface area contributed by atoms with E-state index in [1.807, 2.05) is 0 Å². The second-order valence-corrected chi connectivity index (χ2v) is 1.92. The Balaban J connectivity index is 2.68. The van der Waals surface area contributed by atoms with Gasteiger partial charge in [-0.3, -0.25) is 0 Å². The van der Waals surface area contributed by atoms with Gasteiger partial charge in [-0.15, -0.1) is 0 Å². The molecule has 0 fully saturated rings. The molecule has 0 saturated heterocycles. The summed E-state index contributed by atoms with van der Waals surface area (Å²) in [6.07, 6.45) is 1.53. The van der Waals surface area contributed by atoms with Gasteiger partial charge in [0.2, 0.25) is 0 Å². The predicted molar refractivity (Wildman–Crippen MR) is 31.4 cm³/mol. The third-order valence-corrected chi connectivity index (χ3v) is 0.655. The molecule has 0 aromatic rings. The molecule has 0 radical (unpaired) electrons. The van der Waals surface area contributed by atoms with E-state index in [1.165, 1.54) is 0 Å². The molecule has 1 nitrogen and oxygen atoms in total. The molecule has 0 atom stereocenters. The van der Waals surface area contributed by atoms with Crippen LogP contribution in [-0.4, -0.2) is 12.7 Å². The number of hydrogen-bond donors (Lipinski definition) is 0. The van der Waals surface area contributed by atoms with Crippen LogP contribution in [0.2, 0.25) is 0 Å². The summed E-state index contributed by atoms with van der Waals surface area (Å²) in [5.41, 5.74) is 0. The molecule has 0 aliphatic heterocycles. The summed E-state index contributed by atoms with van der Waals surface area (Å²) in [6, 6.07) is 0. The van der Waals surface area contributed by atoms with Crippen LogP contribution in [0.1, 0.15) is 27.2 Å². The number of ether oxygens (including phenoxy) is 1. The van der Waals surface area contributed by atoms with Gasteiger partial charge in [0, 0.05) is 6.61 Å². The van der Waals surface area contributed by atoms with Crippen molar-refractivity contribution in [1.82, 2.24) is 0 Å². The summed E-state index contributed by atoms with van der Waals surface area (Å²) in [5.74, 6) is 0. The second kappa shape index (κ2) is 4.13. The Morgan fingerprint density at radius 1 is 1.43 bits per heavy atom. The van der Waals surface area contributed by atoms with Crippen molar-refractivity contribution in [3.63, 3.8) is 0 Å². The molecule has 1 heteroatoms. The van der Waals surface area contributed by atoms with Crippen molar-refractivity contribution < 1.29 is 4.74 Å². The minimum Gasteiger partial charge on any atom is -0.379 e. The van der Waals surface area contributed by atoms with E-state index in [-0.39, 0.29) is 0 Å². The molecule has 0 amide bonds. The zero-order valence-electron chi connectivity index (χ0n) is 5.40. The smallest absolute Gasteiger partial charge is 0.0518 e. The van der Waals surface area contributed by atoms with Crippen LogP contribution >= 0.6 is 0 Å². The fourth-order valence-corrected chi connectivity index (χ4v) is 0.354. The monoisotopic (exact) mass is 102 g/mol. The van der Waals surface area contributed by atoms with Crippen LogP contribution in [0.5, 0.6) is 0 Å². The van der Waals surface area contributed by atoms with Crippen LogP contribution in [0, 0.1) is 0 Å². The van der Waals surface area contributed by atoms with E-state index in [4.69, 9.17) is 4.74 Å². The van der Waals surface area contributed by atoms with E-state index < -0.39 is 0 Å². The Bertz CT molecular complexity index is 33.2. The van der Waals surface area contributed by atoms with E-state index >= 15 is 0 Å². The molecule has 0 N–H and O–H groups in total. The van der Waals surface area contributed by atoms with Crippen LogP contribution in [0.25, 0.3) is 0 Å². The van der Waals surface area contributed by atoms with Crippen LogP contribution in [0.4, 0.5) is 0 Å². The molecule has 0 saturated carbocycles. The fourth-order valence-electron chi connectivity index (χ4n) is 0.354. The zero-order valence-corrected chi connectivity index (χ0v) is 5.40. The maximum absolute atomic E-state index is 5.19. The highest BCUT2D eigenvalue weighted by Crippen LogP contribution is 1.87. The molecule has 0 unspecified atom stereocenters. The molecule has 0 spiro atoms. The summed E-state index contributed by atoms with van der Waals surface area (Å²) in [4.78, 5) is 0. The molecule has 0 bridgehead atoms. The molecule has 0 rings (SSSR count). The lowest BCUT2D eigenvalue weighted by molar-refractivity contribution is 0.0794. The van der Waals surface area contributed by atoms with Crippen molar-refractivity contribution in [2.45, 2.75) is 33.3 Å². The Hall–Kier alpha value is -0.0400. The molecule has 0 aliphatic rings. The quantitative estimate of drug-likeness (QED) is 0.528. The Kier molecular flexibility index (Phi) is 4.10. The Morgan fingerprint density at radius 2 is 2.00 bits per heavy atom.